The molecule has 0 aliphatic carbocycles. The van der Waals surface area contributed by atoms with Crippen LogP contribution in [-0.4, -0.2) is 50.1 Å². The number of amidine groups is 1. The highest BCUT2D eigenvalue weighted by Crippen LogP contribution is 2.40. The van der Waals surface area contributed by atoms with Crippen LogP contribution < -0.4 is 14.4 Å². The molecule has 37 heavy (non-hydrogen) atoms. The summed E-state index contributed by atoms with van der Waals surface area (Å²) in [5.74, 6) is 1.33. The fraction of sp³-hybridized carbons (Fsp3) is 0.207. The maximum absolute atomic E-state index is 12.9. The standard InChI is InChI=1S/C29H28N4O3S/c1-32(2)22-11-5-19(6-12-22)17-27-28(34)30-29(37-27)33-26(21-9-15-24(36-4)16-10-21)18-25(31-33)20-7-13-23(35-3)14-8-20/h5-17,26H,18H2,1-4H3/b27-17-. The van der Waals surface area contributed by atoms with Gasteiger partial charge in [0.2, 0.25) is 0 Å². The lowest BCUT2D eigenvalue weighted by molar-refractivity contribution is -0.113. The number of rotatable bonds is 6. The molecular formula is C29H28N4O3S. The number of hydrogen-bond donors (Lipinski definition) is 0. The second-order valence-corrected chi connectivity index (χ2v) is 9.92. The Morgan fingerprint density at radius 2 is 1.54 bits per heavy atom. The first kappa shape index (κ1) is 24.6. The van der Waals surface area contributed by atoms with E-state index in [0.29, 0.717) is 16.5 Å². The molecular weight excluding hydrogens is 484 g/mol. The van der Waals surface area contributed by atoms with Crippen LogP contribution in [-0.2, 0) is 4.79 Å². The van der Waals surface area contributed by atoms with Gasteiger partial charge in [-0.15, -0.1) is 0 Å². The molecule has 0 fully saturated rings. The van der Waals surface area contributed by atoms with Crippen LogP contribution in [0, 0.1) is 0 Å². The quantitative estimate of drug-likeness (QED) is 0.401. The number of carbonyl (C=O) groups excluding carboxylic acids is 1. The summed E-state index contributed by atoms with van der Waals surface area (Å²) >= 11 is 1.36. The first-order chi connectivity index (χ1) is 17.9. The van der Waals surface area contributed by atoms with Gasteiger partial charge in [0, 0.05) is 26.2 Å². The molecule has 0 bridgehead atoms. The van der Waals surface area contributed by atoms with Crippen LogP contribution in [0.5, 0.6) is 11.5 Å². The van der Waals surface area contributed by atoms with Crippen LogP contribution in [0.4, 0.5) is 5.69 Å². The lowest BCUT2D eigenvalue weighted by Gasteiger charge is -2.22. The average molecular weight is 513 g/mol. The predicted molar refractivity (Wildman–Crippen MR) is 151 cm³/mol. The van der Waals surface area contributed by atoms with Gasteiger partial charge in [0.05, 0.1) is 30.9 Å². The van der Waals surface area contributed by atoms with E-state index in [4.69, 9.17) is 14.6 Å². The molecule has 3 aromatic carbocycles. The molecule has 0 aromatic heterocycles. The van der Waals surface area contributed by atoms with E-state index in [1.54, 1.807) is 14.2 Å². The molecule has 1 atom stereocenters. The van der Waals surface area contributed by atoms with Crippen LogP contribution in [0.3, 0.4) is 0 Å². The molecule has 0 radical (unpaired) electrons. The van der Waals surface area contributed by atoms with Gasteiger partial charge in [-0.25, -0.2) is 5.01 Å². The van der Waals surface area contributed by atoms with Gasteiger partial charge in [-0.3, -0.25) is 4.79 Å². The van der Waals surface area contributed by atoms with Gasteiger partial charge < -0.3 is 14.4 Å². The van der Waals surface area contributed by atoms with E-state index in [0.717, 1.165) is 39.6 Å². The van der Waals surface area contributed by atoms with Crippen LogP contribution in [0.15, 0.2) is 87.8 Å². The topological polar surface area (TPSA) is 66.7 Å². The van der Waals surface area contributed by atoms with Gasteiger partial charge >= 0.3 is 0 Å². The van der Waals surface area contributed by atoms with Gasteiger partial charge in [-0.05, 0) is 83.1 Å². The second kappa shape index (κ2) is 10.5. The first-order valence-electron chi connectivity index (χ1n) is 11.9. The first-order valence-corrected chi connectivity index (χ1v) is 12.7. The number of hydrogen-bond acceptors (Lipinski definition) is 7. The Balaban J connectivity index is 1.44. The van der Waals surface area contributed by atoms with Crippen molar-refractivity contribution >= 4 is 40.3 Å². The number of hydrazone groups is 1. The average Bonchev–Trinajstić information content (AvgIpc) is 3.53. The van der Waals surface area contributed by atoms with Gasteiger partial charge in [0.1, 0.15) is 11.5 Å². The Morgan fingerprint density at radius 1 is 0.919 bits per heavy atom. The van der Waals surface area contributed by atoms with E-state index in [9.17, 15) is 4.79 Å². The number of aliphatic imine (C=N–C) groups is 1. The summed E-state index contributed by atoms with van der Waals surface area (Å²) < 4.78 is 10.6. The molecule has 0 N–H and O–H groups in total. The second-order valence-electron chi connectivity index (χ2n) is 8.91. The molecule has 0 saturated heterocycles. The van der Waals surface area contributed by atoms with Crippen molar-refractivity contribution in [2.24, 2.45) is 10.1 Å². The van der Waals surface area contributed by atoms with Crippen molar-refractivity contribution in [2.75, 3.05) is 33.2 Å². The smallest absolute Gasteiger partial charge is 0.286 e. The molecule has 5 rings (SSSR count). The lowest BCUT2D eigenvalue weighted by Crippen LogP contribution is -2.23. The van der Waals surface area contributed by atoms with Crippen molar-refractivity contribution in [1.82, 2.24) is 5.01 Å². The Morgan fingerprint density at radius 3 is 2.14 bits per heavy atom. The summed E-state index contributed by atoms with van der Waals surface area (Å²) in [4.78, 5) is 19.9. The Bertz CT molecular complexity index is 1380. The maximum Gasteiger partial charge on any atom is 0.286 e. The zero-order chi connectivity index (χ0) is 25.9. The Labute approximate surface area is 221 Å². The summed E-state index contributed by atoms with van der Waals surface area (Å²) in [6.07, 6.45) is 2.56. The molecule has 3 aromatic rings. The molecule has 0 spiro atoms. The molecule has 188 valence electrons. The number of ether oxygens (including phenoxy) is 2. The zero-order valence-corrected chi connectivity index (χ0v) is 22.0. The van der Waals surface area contributed by atoms with Crippen molar-refractivity contribution in [1.29, 1.82) is 0 Å². The summed E-state index contributed by atoms with van der Waals surface area (Å²) in [7, 11) is 7.30. The molecule has 0 saturated carbocycles. The van der Waals surface area contributed by atoms with Gasteiger partial charge in [0.15, 0.2) is 5.17 Å². The minimum atomic E-state index is -0.252. The third-order valence-corrected chi connectivity index (χ3v) is 7.32. The number of amides is 1. The van der Waals surface area contributed by atoms with Gasteiger partial charge in [0.25, 0.3) is 5.91 Å². The minimum Gasteiger partial charge on any atom is -0.497 e. The highest BCUT2D eigenvalue weighted by atomic mass is 32.2. The number of benzene rings is 3. The summed E-state index contributed by atoms with van der Waals surface area (Å²) in [6, 6.07) is 23.8. The van der Waals surface area contributed by atoms with Crippen LogP contribution in [0.25, 0.3) is 6.08 Å². The highest BCUT2D eigenvalue weighted by Gasteiger charge is 2.36. The Hall–Kier alpha value is -4.04. The number of nitrogens with zero attached hydrogens (tertiary/aromatic N) is 4. The highest BCUT2D eigenvalue weighted by molar-refractivity contribution is 8.18. The van der Waals surface area contributed by atoms with E-state index in [-0.39, 0.29) is 11.9 Å². The van der Waals surface area contributed by atoms with E-state index in [1.165, 1.54) is 11.8 Å². The maximum atomic E-state index is 12.9. The largest absolute Gasteiger partial charge is 0.497 e. The number of anilines is 1. The van der Waals surface area contributed by atoms with E-state index in [2.05, 4.69) is 4.99 Å². The third kappa shape index (κ3) is 5.24. The number of carbonyl (C=O) groups is 1. The van der Waals surface area contributed by atoms with E-state index in [1.807, 2.05) is 103 Å². The monoisotopic (exact) mass is 512 g/mol. The zero-order valence-electron chi connectivity index (χ0n) is 21.2. The van der Waals surface area contributed by atoms with Crippen LogP contribution >= 0.6 is 11.8 Å². The molecule has 8 heteroatoms. The van der Waals surface area contributed by atoms with E-state index >= 15 is 0 Å². The van der Waals surface area contributed by atoms with Gasteiger partial charge in [-0.2, -0.15) is 10.1 Å². The van der Waals surface area contributed by atoms with Crippen LogP contribution in [0.1, 0.15) is 29.2 Å². The third-order valence-electron chi connectivity index (χ3n) is 6.35. The summed E-state index contributed by atoms with van der Waals surface area (Å²) in [6.45, 7) is 0. The SMILES string of the molecule is COc1ccc(C2=NN(C3=NC(=O)/C(=C/c4ccc(N(C)C)cc4)S3)C(c3ccc(OC)cc3)C2)cc1. The van der Waals surface area contributed by atoms with E-state index < -0.39 is 0 Å². The van der Waals surface area contributed by atoms with Crippen LogP contribution in [0.2, 0.25) is 0 Å². The Kier molecular flexibility index (Phi) is 7.01. The summed E-state index contributed by atoms with van der Waals surface area (Å²) in [5.41, 5.74) is 5.06. The van der Waals surface area contributed by atoms with Crippen molar-refractivity contribution in [2.45, 2.75) is 12.5 Å². The molecule has 7 nitrogen and oxygen atoms in total. The molecule has 1 amide bonds. The molecule has 1 unspecified atom stereocenters. The fourth-order valence-corrected chi connectivity index (χ4v) is 5.16. The van der Waals surface area contributed by atoms with Gasteiger partial charge in [-0.1, -0.05) is 24.3 Å². The lowest BCUT2D eigenvalue weighted by atomic mass is 9.98. The molecule has 2 aliphatic rings. The minimum absolute atomic E-state index is 0.0965. The van der Waals surface area contributed by atoms with Crippen molar-refractivity contribution in [3.8, 4) is 11.5 Å². The van der Waals surface area contributed by atoms with Crippen molar-refractivity contribution in [3.05, 3.63) is 94.4 Å². The molecule has 2 aliphatic heterocycles. The number of thioether (sulfide) groups is 1. The van der Waals surface area contributed by atoms with Crippen molar-refractivity contribution < 1.29 is 14.3 Å². The summed E-state index contributed by atoms with van der Waals surface area (Å²) in [5, 5.41) is 7.39. The number of methoxy groups -OCH3 is 2. The predicted octanol–water partition coefficient (Wildman–Crippen LogP) is 5.59. The molecule has 2 heterocycles. The fourth-order valence-electron chi connectivity index (χ4n) is 4.25. The normalized spacial score (nSPS) is 18.2. The van der Waals surface area contributed by atoms with Crippen molar-refractivity contribution in [3.63, 3.8) is 0 Å².